The number of aromatic nitrogens is 2. The van der Waals surface area contributed by atoms with Gasteiger partial charge < -0.3 is 16.4 Å². The highest BCUT2D eigenvalue weighted by molar-refractivity contribution is 7.99. The van der Waals surface area contributed by atoms with E-state index < -0.39 is 23.6 Å². The van der Waals surface area contributed by atoms with Crippen molar-refractivity contribution in [1.82, 2.24) is 15.3 Å². The summed E-state index contributed by atoms with van der Waals surface area (Å²) in [5, 5.41) is 16.2. The van der Waals surface area contributed by atoms with Gasteiger partial charge in [0, 0.05) is 30.5 Å². The fourth-order valence-electron chi connectivity index (χ4n) is 1.62. The molecule has 0 spiro atoms. The number of hydrogen-bond acceptors (Lipinski definition) is 7. The molecular formula is C13H19F3N8O2S. The maximum atomic E-state index is 12.1. The van der Waals surface area contributed by atoms with Gasteiger partial charge in [0.15, 0.2) is 17.0 Å². The number of hydrogen-bond donors (Lipinski definition) is 3. The molecule has 0 unspecified atom stereocenters. The van der Waals surface area contributed by atoms with Crippen LogP contribution in [0.4, 0.5) is 19.0 Å². The number of guanidine groups is 1. The van der Waals surface area contributed by atoms with Crippen LogP contribution in [0.1, 0.15) is 6.42 Å². The average Bonchev–Trinajstić information content (AvgIpc) is 2.58. The van der Waals surface area contributed by atoms with Crippen molar-refractivity contribution in [3.05, 3.63) is 22.4 Å². The molecule has 27 heavy (non-hydrogen) atoms. The summed E-state index contributed by atoms with van der Waals surface area (Å²) >= 11 is 1.32. The van der Waals surface area contributed by atoms with E-state index >= 15 is 0 Å². The largest absolute Gasteiger partial charge is 0.408 e. The Morgan fingerprint density at radius 3 is 2.85 bits per heavy atom. The number of rotatable bonds is 9. The molecule has 0 aromatic carbocycles. The van der Waals surface area contributed by atoms with Crippen LogP contribution in [-0.2, 0) is 0 Å². The molecule has 0 radical (unpaired) electrons. The third kappa shape index (κ3) is 10.8. The lowest BCUT2D eigenvalue weighted by atomic mass is 10.4. The van der Waals surface area contributed by atoms with Gasteiger partial charge in [0.25, 0.3) is 6.54 Å². The monoisotopic (exact) mass is 408 g/mol. The molecule has 14 heteroatoms. The molecule has 0 aliphatic heterocycles. The number of anilines is 1. The lowest BCUT2D eigenvalue weighted by Gasteiger charge is -2.08. The highest BCUT2D eigenvalue weighted by Gasteiger charge is 2.26. The summed E-state index contributed by atoms with van der Waals surface area (Å²) in [4.78, 5) is 25.1. The minimum atomic E-state index is -4.44. The summed E-state index contributed by atoms with van der Waals surface area (Å²) in [5.41, 5.74) is 5.38. The zero-order valence-corrected chi connectivity index (χ0v) is 15.2. The first kappa shape index (κ1) is 22.4. The van der Waals surface area contributed by atoms with E-state index in [1.54, 1.807) is 0 Å². The molecule has 0 amide bonds. The Bertz CT molecular complexity index is 684. The second kappa shape index (κ2) is 11.2. The van der Waals surface area contributed by atoms with E-state index in [-0.39, 0.29) is 12.4 Å². The molecule has 1 rings (SSSR count). The molecule has 0 saturated heterocycles. The van der Waals surface area contributed by atoms with E-state index in [0.29, 0.717) is 29.7 Å². The molecule has 1 aromatic rings. The molecule has 1 aromatic heterocycles. The van der Waals surface area contributed by atoms with Gasteiger partial charge in [0.2, 0.25) is 0 Å². The number of nitrogens with one attached hydrogen (secondary N) is 2. The minimum absolute atomic E-state index is 0.223. The fourth-order valence-corrected chi connectivity index (χ4v) is 2.39. The smallest absolute Gasteiger partial charge is 0.370 e. The van der Waals surface area contributed by atoms with Crippen LogP contribution < -0.4 is 16.4 Å². The maximum absolute atomic E-state index is 12.1. The van der Waals surface area contributed by atoms with Crippen LogP contribution in [-0.4, -0.2) is 65.3 Å². The number of aliphatic imine (C=N–C) groups is 2. The Morgan fingerprint density at radius 2 is 2.22 bits per heavy atom. The summed E-state index contributed by atoms with van der Waals surface area (Å²) in [6.07, 6.45) is -2.33. The number of nitrogens with two attached hydrogens (primary N) is 1. The van der Waals surface area contributed by atoms with Crippen molar-refractivity contribution in [2.24, 2.45) is 15.7 Å². The van der Waals surface area contributed by atoms with E-state index in [0.717, 1.165) is 0 Å². The molecule has 0 aliphatic rings. The highest BCUT2D eigenvalue weighted by atomic mass is 32.2. The molecule has 0 bridgehead atoms. The molecule has 10 nitrogen and oxygen atoms in total. The van der Waals surface area contributed by atoms with Crippen LogP contribution in [0.3, 0.4) is 0 Å². The third-order valence-electron chi connectivity index (χ3n) is 2.75. The van der Waals surface area contributed by atoms with Gasteiger partial charge in [0.1, 0.15) is 12.4 Å². The third-order valence-corrected chi connectivity index (χ3v) is 3.70. The maximum Gasteiger partial charge on any atom is 0.408 e. The molecule has 4 N–H and O–H groups in total. The molecule has 150 valence electrons. The Balaban J connectivity index is 2.41. The van der Waals surface area contributed by atoms with Crippen LogP contribution in [0.25, 0.3) is 0 Å². The van der Waals surface area contributed by atoms with Gasteiger partial charge in [-0.2, -0.15) is 13.2 Å². The molecule has 0 fully saturated rings. The Labute approximate surface area is 157 Å². The van der Waals surface area contributed by atoms with Gasteiger partial charge in [-0.1, -0.05) is 11.8 Å². The second-order valence-corrected chi connectivity index (χ2v) is 6.02. The van der Waals surface area contributed by atoms with Gasteiger partial charge in [-0.25, -0.2) is 15.0 Å². The Hall–Kier alpha value is -2.64. The van der Waals surface area contributed by atoms with Gasteiger partial charge >= 0.3 is 6.18 Å². The molecule has 0 aliphatic carbocycles. The zero-order chi connectivity index (χ0) is 20.3. The fraction of sp³-hybridized carbons (Fsp3) is 0.538. The normalized spacial score (nSPS) is 12.7. The van der Waals surface area contributed by atoms with Crippen LogP contribution in [0.2, 0.25) is 0 Å². The zero-order valence-electron chi connectivity index (χ0n) is 14.4. The van der Waals surface area contributed by atoms with E-state index in [1.807, 2.05) is 0 Å². The quantitative estimate of drug-likeness (QED) is 0.105. The number of amidine groups is 1. The number of nitrogens with zero attached hydrogens (tertiary/aromatic N) is 5. The van der Waals surface area contributed by atoms with Crippen molar-refractivity contribution in [1.29, 1.82) is 0 Å². The van der Waals surface area contributed by atoms with Crippen LogP contribution >= 0.6 is 11.8 Å². The number of nitro groups is 1. The molecule has 0 atom stereocenters. The first-order valence-corrected chi connectivity index (χ1v) is 8.59. The number of alkyl halides is 3. The second-order valence-electron chi connectivity index (χ2n) is 4.96. The van der Waals surface area contributed by atoms with Crippen molar-refractivity contribution in [2.75, 3.05) is 37.8 Å². The first-order valence-electron chi connectivity index (χ1n) is 7.60. The summed E-state index contributed by atoms with van der Waals surface area (Å²) in [5.74, 6) is 0.730. The number of thioether (sulfide) groups is 1. The predicted molar refractivity (Wildman–Crippen MR) is 96.8 cm³/mol. The van der Waals surface area contributed by atoms with Gasteiger partial charge in [-0.15, -0.1) is 0 Å². The summed E-state index contributed by atoms with van der Waals surface area (Å²) in [6.45, 7) is -1.26. The van der Waals surface area contributed by atoms with E-state index in [1.165, 1.54) is 31.1 Å². The van der Waals surface area contributed by atoms with E-state index in [2.05, 4.69) is 30.6 Å². The van der Waals surface area contributed by atoms with Crippen LogP contribution in [0.5, 0.6) is 0 Å². The summed E-state index contributed by atoms with van der Waals surface area (Å²) < 4.78 is 36.3. The minimum Gasteiger partial charge on any atom is -0.370 e. The Morgan fingerprint density at radius 1 is 1.48 bits per heavy atom. The van der Waals surface area contributed by atoms with Crippen molar-refractivity contribution in [3.63, 3.8) is 0 Å². The number of halogens is 3. The van der Waals surface area contributed by atoms with Crippen molar-refractivity contribution in [2.45, 2.75) is 17.8 Å². The highest BCUT2D eigenvalue weighted by Crippen LogP contribution is 2.16. The standard InChI is InChI=1S/C13H19F3N8O2S/c1-18-10(7-24(25)26)19-4-2-6-27-12-20-5-3-9(23-12)22-11(17)21-8-13(14,15)16/h3,5H,2,4,6-8H2,1H3,(H,18,19)(H3,17,20,21,22,23). The summed E-state index contributed by atoms with van der Waals surface area (Å²) in [7, 11) is 1.47. The van der Waals surface area contributed by atoms with Crippen molar-refractivity contribution in [3.8, 4) is 0 Å². The topological polar surface area (TPSA) is 144 Å². The van der Waals surface area contributed by atoms with Gasteiger partial charge in [-0.05, 0) is 12.5 Å². The van der Waals surface area contributed by atoms with Crippen molar-refractivity contribution >= 4 is 29.4 Å². The Kier molecular flexibility index (Phi) is 9.25. The van der Waals surface area contributed by atoms with Gasteiger partial charge in [0.05, 0.1) is 0 Å². The van der Waals surface area contributed by atoms with E-state index in [4.69, 9.17) is 5.73 Å². The lowest BCUT2D eigenvalue weighted by molar-refractivity contribution is -0.463. The average molecular weight is 408 g/mol. The van der Waals surface area contributed by atoms with Gasteiger partial charge in [-0.3, -0.25) is 15.1 Å². The summed E-state index contributed by atoms with van der Waals surface area (Å²) in [6, 6.07) is 1.45. The SMILES string of the molecule is CN=C(C[N+](=O)[O-])NCCCSc1nccc(NC(N)=NCC(F)(F)F)n1. The lowest BCUT2D eigenvalue weighted by Crippen LogP contribution is -2.31. The predicted octanol–water partition coefficient (Wildman–Crippen LogP) is 1.14. The van der Waals surface area contributed by atoms with Crippen molar-refractivity contribution < 1.29 is 18.1 Å². The molecule has 0 saturated carbocycles. The van der Waals surface area contributed by atoms with Crippen LogP contribution in [0.15, 0.2) is 27.4 Å². The van der Waals surface area contributed by atoms with Crippen LogP contribution in [0, 0.1) is 10.1 Å². The first-order chi connectivity index (χ1) is 12.7. The molecule has 1 heterocycles. The molecular weight excluding hydrogens is 389 g/mol. The van der Waals surface area contributed by atoms with E-state index in [9.17, 15) is 23.3 Å².